The van der Waals surface area contributed by atoms with Crippen molar-refractivity contribution in [3.63, 3.8) is 0 Å². The minimum atomic E-state index is 0.0167. The molecule has 0 bridgehead atoms. The van der Waals surface area contributed by atoms with Gasteiger partial charge in [0.15, 0.2) is 0 Å². The van der Waals surface area contributed by atoms with Crippen LogP contribution in [0.2, 0.25) is 0 Å². The molecule has 19 heavy (non-hydrogen) atoms. The van der Waals surface area contributed by atoms with Crippen molar-refractivity contribution in [2.45, 2.75) is 18.1 Å². The van der Waals surface area contributed by atoms with E-state index in [9.17, 15) is 4.79 Å². The van der Waals surface area contributed by atoms with Crippen LogP contribution in [-0.4, -0.2) is 42.7 Å². The largest absolute Gasteiger partial charge is 0.340 e. The summed E-state index contributed by atoms with van der Waals surface area (Å²) in [5.41, 5.74) is 2.59. The third-order valence-electron chi connectivity index (χ3n) is 3.87. The molecule has 1 fully saturated rings. The molecule has 2 heterocycles. The standard InChI is InChI=1S/C15H20N2OS/c18-15(17-9-3-7-16-8-10-17)14-13-5-2-1-4-12(13)6-11-19-14/h1-2,4-5,14,16H,3,6-11H2. The number of nitrogens with one attached hydrogen (secondary N) is 1. The average molecular weight is 276 g/mol. The first-order chi connectivity index (χ1) is 9.36. The zero-order valence-electron chi connectivity index (χ0n) is 11.1. The summed E-state index contributed by atoms with van der Waals surface area (Å²) in [6.07, 6.45) is 2.15. The molecule has 1 saturated heterocycles. The van der Waals surface area contributed by atoms with E-state index in [1.165, 1.54) is 11.1 Å². The van der Waals surface area contributed by atoms with Crippen molar-refractivity contribution in [2.24, 2.45) is 0 Å². The Labute approximate surface area is 118 Å². The lowest BCUT2D eigenvalue weighted by Crippen LogP contribution is -2.37. The summed E-state index contributed by atoms with van der Waals surface area (Å²) in [5.74, 6) is 1.36. The van der Waals surface area contributed by atoms with Gasteiger partial charge in [0.1, 0.15) is 5.25 Å². The Kier molecular flexibility index (Phi) is 4.09. The Hall–Kier alpha value is -1.00. The second-order valence-electron chi connectivity index (χ2n) is 5.13. The van der Waals surface area contributed by atoms with E-state index in [1.807, 2.05) is 4.90 Å². The molecule has 0 radical (unpaired) electrons. The lowest BCUT2D eigenvalue weighted by atomic mass is 10.0. The third kappa shape index (κ3) is 2.79. The van der Waals surface area contributed by atoms with Gasteiger partial charge in [-0.05, 0) is 36.3 Å². The number of carbonyl (C=O) groups excluding carboxylic acids is 1. The van der Waals surface area contributed by atoms with Gasteiger partial charge in [0.2, 0.25) is 5.91 Å². The molecule has 1 amide bonds. The molecule has 0 saturated carbocycles. The Morgan fingerprint density at radius 3 is 3.11 bits per heavy atom. The number of amides is 1. The van der Waals surface area contributed by atoms with E-state index in [1.54, 1.807) is 11.8 Å². The van der Waals surface area contributed by atoms with Crippen LogP contribution in [0.3, 0.4) is 0 Å². The number of rotatable bonds is 1. The van der Waals surface area contributed by atoms with Crippen LogP contribution in [-0.2, 0) is 11.2 Å². The van der Waals surface area contributed by atoms with Gasteiger partial charge >= 0.3 is 0 Å². The fourth-order valence-corrected chi connectivity index (χ4v) is 4.11. The van der Waals surface area contributed by atoms with Gasteiger partial charge in [0, 0.05) is 19.6 Å². The van der Waals surface area contributed by atoms with E-state index in [4.69, 9.17) is 0 Å². The first-order valence-corrected chi connectivity index (χ1v) is 8.10. The van der Waals surface area contributed by atoms with Crippen LogP contribution in [0.1, 0.15) is 22.8 Å². The maximum Gasteiger partial charge on any atom is 0.240 e. The number of hydrogen-bond donors (Lipinski definition) is 1. The number of carbonyl (C=O) groups is 1. The van der Waals surface area contributed by atoms with Crippen LogP contribution in [0.15, 0.2) is 24.3 Å². The smallest absolute Gasteiger partial charge is 0.240 e. The zero-order valence-corrected chi connectivity index (χ0v) is 11.9. The summed E-state index contributed by atoms with van der Waals surface area (Å²) in [5, 5.41) is 3.37. The molecule has 1 aromatic rings. The molecule has 1 N–H and O–H groups in total. The topological polar surface area (TPSA) is 32.3 Å². The first-order valence-electron chi connectivity index (χ1n) is 7.05. The number of nitrogens with zero attached hydrogens (tertiary/aromatic N) is 1. The first kappa shape index (κ1) is 13.0. The normalized spacial score (nSPS) is 23.6. The van der Waals surface area contributed by atoms with Crippen molar-refractivity contribution < 1.29 is 4.79 Å². The van der Waals surface area contributed by atoms with Gasteiger partial charge in [-0.3, -0.25) is 4.79 Å². The van der Waals surface area contributed by atoms with E-state index >= 15 is 0 Å². The fourth-order valence-electron chi connectivity index (χ4n) is 2.83. The Morgan fingerprint density at radius 1 is 1.26 bits per heavy atom. The van der Waals surface area contributed by atoms with E-state index < -0.39 is 0 Å². The SMILES string of the molecule is O=C(C1SCCc2ccccc21)N1CCCNCC1. The van der Waals surface area contributed by atoms with Crippen LogP contribution in [0, 0.1) is 0 Å². The van der Waals surface area contributed by atoms with Crippen molar-refractivity contribution in [3.05, 3.63) is 35.4 Å². The molecule has 3 nitrogen and oxygen atoms in total. The Bertz CT molecular complexity index is 455. The molecule has 1 unspecified atom stereocenters. The molecular weight excluding hydrogens is 256 g/mol. The van der Waals surface area contributed by atoms with E-state index in [-0.39, 0.29) is 5.25 Å². The lowest BCUT2D eigenvalue weighted by Gasteiger charge is -2.29. The summed E-state index contributed by atoms with van der Waals surface area (Å²) in [6.45, 7) is 3.69. The van der Waals surface area contributed by atoms with Gasteiger partial charge < -0.3 is 10.2 Å². The molecule has 4 heteroatoms. The third-order valence-corrected chi connectivity index (χ3v) is 5.10. The summed E-state index contributed by atoms with van der Waals surface area (Å²) in [7, 11) is 0. The maximum atomic E-state index is 12.7. The van der Waals surface area contributed by atoms with Crippen LogP contribution in [0.5, 0.6) is 0 Å². The quantitative estimate of drug-likeness (QED) is 0.849. The predicted molar refractivity (Wildman–Crippen MR) is 79.4 cm³/mol. The molecule has 1 atom stereocenters. The van der Waals surface area contributed by atoms with Crippen molar-refractivity contribution in [3.8, 4) is 0 Å². The molecule has 2 aliphatic rings. The molecule has 0 aliphatic carbocycles. The minimum Gasteiger partial charge on any atom is -0.340 e. The lowest BCUT2D eigenvalue weighted by molar-refractivity contribution is -0.130. The molecule has 3 rings (SSSR count). The summed E-state index contributed by atoms with van der Waals surface area (Å²) in [4.78, 5) is 14.8. The summed E-state index contributed by atoms with van der Waals surface area (Å²) in [6, 6.07) is 8.42. The molecule has 102 valence electrons. The number of thioether (sulfide) groups is 1. The highest BCUT2D eigenvalue weighted by molar-refractivity contribution is 8.00. The van der Waals surface area contributed by atoms with Crippen molar-refractivity contribution in [1.29, 1.82) is 0 Å². The number of hydrogen-bond acceptors (Lipinski definition) is 3. The second-order valence-corrected chi connectivity index (χ2v) is 6.34. The number of fused-ring (bicyclic) bond motifs is 1. The second kappa shape index (κ2) is 5.97. The monoisotopic (exact) mass is 276 g/mol. The molecular formula is C15H20N2OS. The number of aryl methyl sites for hydroxylation is 1. The fraction of sp³-hybridized carbons (Fsp3) is 0.533. The molecule has 0 aromatic heterocycles. The van der Waals surface area contributed by atoms with Crippen molar-refractivity contribution >= 4 is 17.7 Å². The minimum absolute atomic E-state index is 0.0167. The summed E-state index contributed by atoms with van der Waals surface area (Å²) >= 11 is 1.80. The van der Waals surface area contributed by atoms with Gasteiger partial charge in [-0.1, -0.05) is 24.3 Å². The van der Waals surface area contributed by atoms with Crippen LogP contribution in [0.25, 0.3) is 0 Å². The summed E-state index contributed by atoms with van der Waals surface area (Å²) < 4.78 is 0. The van der Waals surface area contributed by atoms with Gasteiger partial charge in [0.25, 0.3) is 0 Å². The van der Waals surface area contributed by atoms with Crippen LogP contribution >= 0.6 is 11.8 Å². The zero-order chi connectivity index (χ0) is 13.1. The Morgan fingerprint density at radius 2 is 2.16 bits per heavy atom. The van der Waals surface area contributed by atoms with Gasteiger partial charge in [-0.15, -0.1) is 11.8 Å². The van der Waals surface area contributed by atoms with Gasteiger partial charge in [-0.25, -0.2) is 0 Å². The van der Waals surface area contributed by atoms with Crippen molar-refractivity contribution in [1.82, 2.24) is 10.2 Å². The highest BCUT2D eigenvalue weighted by Gasteiger charge is 2.30. The average Bonchev–Trinajstić information content (AvgIpc) is 2.75. The van der Waals surface area contributed by atoms with E-state index in [0.717, 1.165) is 44.8 Å². The van der Waals surface area contributed by atoms with Crippen molar-refractivity contribution in [2.75, 3.05) is 31.9 Å². The van der Waals surface area contributed by atoms with E-state index in [0.29, 0.717) is 5.91 Å². The van der Waals surface area contributed by atoms with E-state index in [2.05, 4.69) is 29.6 Å². The van der Waals surface area contributed by atoms with Crippen LogP contribution < -0.4 is 5.32 Å². The Balaban J connectivity index is 1.80. The highest BCUT2D eigenvalue weighted by Crippen LogP contribution is 2.37. The molecule has 2 aliphatic heterocycles. The predicted octanol–water partition coefficient (Wildman–Crippen LogP) is 1.84. The molecule has 0 spiro atoms. The van der Waals surface area contributed by atoms with Gasteiger partial charge in [0.05, 0.1) is 0 Å². The number of benzene rings is 1. The van der Waals surface area contributed by atoms with Crippen LogP contribution in [0.4, 0.5) is 0 Å². The maximum absolute atomic E-state index is 12.7. The van der Waals surface area contributed by atoms with Gasteiger partial charge in [-0.2, -0.15) is 0 Å². The highest BCUT2D eigenvalue weighted by atomic mass is 32.2. The molecule has 1 aromatic carbocycles.